The molecule has 7 nitrogen and oxygen atoms in total. The third-order valence-electron chi connectivity index (χ3n) is 4.98. The van der Waals surface area contributed by atoms with Crippen LogP contribution in [-0.4, -0.2) is 50.0 Å². The molecule has 1 unspecified atom stereocenters. The second-order valence-electron chi connectivity index (χ2n) is 8.06. The van der Waals surface area contributed by atoms with Crippen LogP contribution >= 0.6 is 39.1 Å². The molecule has 2 amide bonds. The molecular weight excluding hydrogens is 565 g/mol. The molecule has 0 aliphatic carbocycles. The van der Waals surface area contributed by atoms with Crippen molar-refractivity contribution in [1.82, 2.24) is 10.2 Å². The van der Waals surface area contributed by atoms with E-state index >= 15 is 0 Å². The Bertz CT molecular complexity index is 1120. The Balaban J connectivity index is 2.51. The third-order valence-corrected chi connectivity index (χ3v) is 7.32. The summed E-state index contributed by atoms with van der Waals surface area (Å²) in [6, 6.07) is 10.6. The molecule has 2 aromatic carbocycles. The molecule has 0 heterocycles. The number of sulfonamides is 1. The summed E-state index contributed by atoms with van der Waals surface area (Å²) in [5.41, 5.74) is 0.795. The molecule has 34 heavy (non-hydrogen) atoms. The van der Waals surface area contributed by atoms with E-state index in [4.69, 9.17) is 23.2 Å². The second kappa shape index (κ2) is 12.2. The Kier molecular flexibility index (Phi) is 10.2. The van der Waals surface area contributed by atoms with Gasteiger partial charge in [-0.3, -0.25) is 13.9 Å². The standard InChI is InChI=1S/C23H28BrCl2N3O4S/c1-5-21(23(31)27-15(2)3)28(13-18-19(25)10-7-11-20(18)26)22(30)14-29(34(4,32)33)17-9-6-8-16(24)12-17/h6-12,15,21H,5,13-14H2,1-4H3,(H,27,31). The van der Waals surface area contributed by atoms with Crippen LogP contribution in [0.25, 0.3) is 0 Å². The van der Waals surface area contributed by atoms with E-state index in [0.717, 1.165) is 10.6 Å². The van der Waals surface area contributed by atoms with Gasteiger partial charge < -0.3 is 10.2 Å². The van der Waals surface area contributed by atoms with Gasteiger partial charge in [-0.05, 0) is 50.6 Å². The van der Waals surface area contributed by atoms with Crippen molar-refractivity contribution in [3.8, 4) is 0 Å². The zero-order valence-corrected chi connectivity index (χ0v) is 23.3. The molecule has 0 bridgehead atoms. The summed E-state index contributed by atoms with van der Waals surface area (Å²) in [5.74, 6) is -0.908. The average molecular weight is 593 g/mol. The number of anilines is 1. The summed E-state index contributed by atoms with van der Waals surface area (Å²) >= 11 is 16.0. The highest BCUT2D eigenvalue weighted by Crippen LogP contribution is 2.28. The molecule has 0 aromatic heterocycles. The van der Waals surface area contributed by atoms with Crippen molar-refractivity contribution in [3.63, 3.8) is 0 Å². The summed E-state index contributed by atoms with van der Waals surface area (Å²) in [4.78, 5) is 27.9. The highest BCUT2D eigenvalue weighted by Gasteiger charge is 2.32. The van der Waals surface area contributed by atoms with E-state index < -0.39 is 28.5 Å². The lowest BCUT2D eigenvalue weighted by atomic mass is 10.1. The van der Waals surface area contributed by atoms with Crippen LogP contribution in [0.15, 0.2) is 46.9 Å². The van der Waals surface area contributed by atoms with Gasteiger partial charge in [0.25, 0.3) is 0 Å². The number of carbonyl (C=O) groups is 2. The van der Waals surface area contributed by atoms with Crippen molar-refractivity contribution in [3.05, 3.63) is 62.5 Å². The molecule has 2 rings (SSSR count). The van der Waals surface area contributed by atoms with Crippen molar-refractivity contribution in [2.45, 2.75) is 45.8 Å². The number of hydrogen-bond donors (Lipinski definition) is 1. The molecule has 1 atom stereocenters. The van der Waals surface area contributed by atoms with Gasteiger partial charge in [-0.25, -0.2) is 8.42 Å². The van der Waals surface area contributed by atoms with E-state index in [0.29, 0.717) is 32.2 Å². The van der Waals surface area contributed by atoms with Crippen LogP contribution in [0.4, 0.5) is 5.69 Å². The van der Waals surface area contributed by atoms with Crippen LogP contribution in [-0.2, 0) is 26.2 Å². The van der Waals surface area contributed by atoms with Crippen molar-refractivity contribution in [2.75, 3.05) is 17.1 Å². The van der Waals surface area contributed by atoms with Crippen LogP contribution in [0.1, 0.15) is 32.8 Å². The zero-order chi connectivity index (χ0) is 25.6. The Hall–Kier alpha value is -1.81. The molecule has 11 heteroatoms. The SMILES string of the molecule is CCC(C(=O)NC(C)C)N(Cc1c(Cl)cccc1Cl)C(=O)CN(c1cccc(Br)c1)S(C)(=O)=O. The summed E-state index contributed by atoms with van der Waals surface area (Å²) in [5, 5.41) is 3.52. The van der Waals surface area contributed by atoms with Gasteiger partial charge in [0.05, 0.1) is 11.9 Å². The van der Waals surface area contributed by atoms with Gasteiger partial charge >= 0.3 is 0 Å². The van der Waals surface area contributed by atoms with Crippen molar-refractivity contribution in [2.24, 2.45) is 0 Å². The Labute approximate surface area is 219 Å². The van der Waals surface area contributed by atoms with Crippen LogP contribution in [0.3, 0.4) is 0 Å². The first-order valence-electron chi connectivity index (χ1n) is 10.6. The summed E-state index contributed by atoms with van der Waals surface area (Å²) in [7, 11) is -3.81. The molecule has 0 fully saturated rings. The van der Waals surface area contributed by atoms with Crippen LogP contribution in [0.2, 0.25) is 10.0 Å². The van der Waals surface area contributed by atoms with Crippen molar-refractivity contribution in [1.29, 1.82) is 0 Å². The largest absolute Gasteiger partial charge is 0.352 e. The maximum Gasteiger partial charge on any atom is 0.244 e. The molecule has 1 N–H and O–H groups in total. The first-order valence-corrected chi connectivity index (χ1v) is 14.0. The molecular formula is C23H28BrCl2N3O4S. The van der Waals surface area contributed by atoms with Gasteiger partial charge in [-0.2, -0.15) is 0 Å². The fraction of sp³-hybridized carbons (Fsp3) is 0.391. The normalized spacial score (nSPS) is 12.4. The third kappa shape index (κ3) is 7.60. The number of nitrogens with one attached hydrogen (secondary N) is 1. The number of halogens is 3. The minimum Gasteiger partial charge on any atom is -0.352 e. The lowest BCUT2D eigenvalue weighted by Gasteiger charge is -2.33. The topological polar surface area (TPSA) is 86.8 Å². The fourth-order valence-electron chi connectivity index (χ4n) is 3.40. The van der Waals surface area contributed by atoms with E-state index in [1.165, 1.54) is 4.90 Å². The smallest absolute Gasteiger partial charge is 0.244 e. The average Bonchev–Trinajstić information content (AvgIpc) is 2.72. The maximum atomic E-state index is 13.6. The quantitative estimate of drug-likeness (QED) is 0.427. The highest BCUT2D eigenvalue weighted by atomic mass is 79.9. The number of hydrogen-bond acceptors (Lipinski definition) is 4. The fourth-order valence-corrected chi connectivity index (χ4v) is 5.14. The molecule has 0 radical (unpaired) electrons. The van der Waals surface area contributed by atoms with Gasteiger partial charge in [0.1, 0.15) is 12.6 Å². The minimum absolute atomic E-state index is 0.0581. The lowest BCUT2D eigenvalue weighted by Crippen LogP contribution is -2.53. The zero-order valence-electron chi connectivity index (χ0n) is 19.4. The predicted octanol–water partition coefficient (Wildman–Crippen LogP) is 4.85. The lowest BCUT2D eigenvalue weighted by molar-refractivity contribution is -0.140. The molecule has 186 valence electrons. The number of nitrogens with zero attached hydrogens (tertiary/aromatic N) is 2. The Morgan fingerprint density at radius 2 is 1.68 bits per heavy atom. The summed E-state index contributed by atoms with van der Waals surface area (Å²) < 4.78 is 26.9. The molecule has 0 saturated carbocycles. The first kappa shape index (κ1) is 28.4. The van der Waals surface area contributed by atoms with Crippen LogP contribution < -0.4 is 9.62 Å². The first-order chi connectivity index (χ1) is 15.8. The monoisotopic (exact) mass is 591 g/mol. The van der Waals surface area contributed by atoms with Crippen molar-refractivity contribution >= 4 is 66.7 Å². The number of carbonyl (C=O) groups excluding carboxylic acids is 2. The molecule has 2 aromatic rings. The molecule has 0 aliphatic rings. The Morgan fingerprint density at radius 1 is 1.09 bits per heavy atom. The number of rotatable bonds is 10. The highest BCUT2D eigenvalue weighted by molar-refractivity contribution is 9.10. The van der Waals surface area contributed by atoms with E-state index in [1.54, 1.807) is 49.4 Å². The maximum absolute atomic E-state index is 13.6. The van der Waals surface area contributed by atoms with Gasteiger partial charge in [0, 0.05) is 32.7 Å². The van der Waals surface area contributed by atoms with E-state index in [9.17, 15) is 18.0 Å². The van der Waals surface area contributed by atoms with Crippen LogP contribution in [0.5, 0.6) is 0 Å². The van der Waals surface area contributed by atoms with Gasteiger partial charge in [-0.15, -0.1) is 0 Å². The van der Waals surface area contributed by atoms with E-state index in [-0.39, 0.29) is 18.5 Å². The van der Waals surface area contributed by atoms with Crippen molar-refractivity contribution < 1.29 is 18.0 Å². The van der Waals surface area contributed by atoms with Gasteiger partial charge in [0.15, 0.2) is 0 Å². The Morgan fingerprint density at radius 3 is 2.18 bits per heavy atom. The number of amides is 2. The van der Waals surface area contributed by atoms with Gasteiger partial charge in [0.2, 0.25) is 21.8 Å². The van der Waals surface area contributed by atoms with Crippen LogP contribution in [0, 0.1) is 0 Å². The number of benzene rings is 2. The molecule has 0 aliphatic heterocycles. The second-order valence-corrected chi connectivity index (χ2v) is 11.7. The van der Waals surface area contributed by atoms with E-state index in [2.05, 4.69) is 21.2 Å². The molecule has 0 spiro atoms. The van der Waals surface area contributed by atoms with Gasteiger partial charge in [-0.1, -0.05) is 58.2 Å². The summed E-state index contributed by atoms with van der Waals surface area (Å²) in [6.07, 6.45) is 1.33. The van der Waals surface area contributed by atoms with E-state index in [1.807, 2.05) is 13.8 Å². The predicted molar refractivity (Wildman–Crippen MR) is 141 cm³/mol. The molecule has 0 saturated heterocycles. The summed E-state index contributed by atoms with van der Waals surface area (Å²) in [6.45, 7) is 4.86. The minimum atomic E-state index is -3.81.